The van der Waals surface area contributed by atoms with E-state index in [1.54, 1.807) is 103 Å². The van der Waals surface area contributed by atoms with E-state index in [1.807, 2.05) is 84.9 Å². The molecule has 0 fully saturated rings. The molecule has 32 nitrogen and oxygen atoms in total. The number of nitrogens with one attached hydrogen (secondary N) is 7. The largest absolute Gasteiger partial charge is 0.481 e. The molecule has 12 rings (SSSR count). The molecule has 15 N–H and O–H groups in total. The SMILES string of the molecule is COC(=O)CC(=O)Cl.COC(=O)CC(=O)Nc1ccc(Cl)c(Cl)c1.Nc1ccc(Cl)c(Cl)c1.Nc1cccc(NC(=O)CCCCc2ccccc2)c1.Nc1cccc([N+](=O)[O-])c1.O=C(CCCCc1ccccc1)Nc1cccc(NC(=O)CC(=O)Nc2ccc(Cl)c(Cl)c2)c1.O=C(CCCCc1ccccc1)Nc1cccc([N+](=O)[O-])c1.O=C(O)CC(=O)Nc1ccc(Cl)c(Cl)c1.O=C(O)CCCCc1ccccc1. The molecule has 0 spiro atoms. The molecule has 0 aliphatic rings. The van der Waals surface area contributed by atoms with Gasteiger partial charge in [0.2, 0.25) is 46.6 Å². The second-order valence-corrected chi connectivity index (χ2v) is 34.7. The molecule has 7 amide bonds. The summed E-state index contributed by atoms with van der Waals surface area (Å²) in [5.41, 5.74) is 26.8. The Morgan fingerprint density at radius 2 is 0.544 bits per heavy atom. The average molecular weight is 2190 g/mol. The van der Waals surface area contributed by atoms with E-state index in [2.05, 4.69) is 95.2 Å². The van der Waals surface area contributed by atoms with Gasteiger partial charge in [0.05, 0.1) is 64.2 Å². The maximum atomic E-state index is 12.3. The summed E-state index contributed by atoms with van der Waals surface area (Å²) in [5, 5.41) is 58.5. The van der Waals surface area contributed by atoms with Gasteiger partial charge in [-0.1, -0.05) is 238 Å². The predicted octanol–water partition coefficient (Wildman–Crippen LogP) is 25.3. The number of benzene rings is 12. The van der Waals surface area contributed by atoms with Gasteiger partial charge in [0.1, 0.15) is 25.7 Å². The molecule has 0 saturated heterocycles. The number of esters is 2. The Hall–Kier alpha value is -14.7. The molecule has 0 saturated carbocycles. The minimum atomic E-state index is -1.19. The zero-order valence-electron chi connectivity index (χ0n) is 79.6. The number of aryl methyl sites for hydroxylation is 4. The third kappa shape index (κ3) is 58.7. The lowest BCUT2D eigenvalue weighted by Gasteiger charge is -2.10. The molecule has 147 heavy (non-hydrogen) atoms. The van der Waals surface area contributed by atoms with Crippen LogP contribution in [0.1, 0.15) is 125 Å². The number of nitrogen functional groups attached to an aromatic ring is 3. The summed E-state index contributed by atoms with van der Waals surface area (Å²) in [5.74, 6) is -5.30. The molecular weight excluding hydrogens is 2080 g/mol. The molecule has 0 bridgehead atoms. The highest BCUT2D eigenvalue weighted by Gasteiger charge is 2.17. The standard InChI is InChI=1S/C26H25Cl2N3O3.C17H18N2O3.C17H20N2O.C11H14O2.C10H9Cl2NO3.C9H7Cl2NO3.C6H5Cl2N.C6H6N2O2.C4H5ClO3/c27-22-14-13-21(16-23(22)28)31-26(34)17-25(33)30-20-11-6-10-19(15-20)29-24(32)12-5-4-9-18-7-2-1-3-8-18;20-17(12-5-4-9-14-7-2-1-3-8-14)18-15-10-6-11-16(13-15)19(21)22;18-15-10-6-11-16(13-15)19-17(20)12-5-4-9-14-7-2-1-3-8-14;12-11(13)9-5-4-8-10-6-2-1-3-7-10;1-16-10(15)5-9(14)13-6-2-3-7(11)8(12)4-6;10-6-2-1-5(3-7(6)11)12-8(13)4-9(14)15;7-5-2-1-4(9)3-6(5)8;7-5-2-1-3-6(4-5)8(9)10;1-8-4(7)2-3(5)6/h1-3,6-8,10-11,13-16H,4-5,9,12,17H2,(H,29,32)(H,30,33)(H,31,34);1-3,6-8,10-11,13H,4-5,9,12H2,(H,18,20);1-3,6-8,10-11,13H,4-5,9,12,18H2,(H,19,20);1-3,6-7H,4-5,8-9H2,(H,12,13);2-4H,5H2,1H3,(H,13,14);1-3H,4H2,(H,12,13)(H,14,15);1-3H,9H2;1-4H,7H2;2H2,1H3. The number of nitrogens with two attached hydrogens (primary N) is 3. The van der Waals surface area contributed by atoms with Gasteiger partial charge in [0.25, 0.3) is 11.4 Å². The number of nitrogens with zero attached hydrogens (tertiary/aromatic N) is 2. The Morgan fingerprint density at radius 3 is 0.844 bits per heavy atom. The van der Waals surface area contributed by atoms with Crippen molar-refractivity contribution in [1.29, 1.82) is 0 Å². The first kappa shape index (κ1) is 125. The number of nitro groups is 2. The van der Waals surface area contributed by atoms with Gasteiger partial charge < -0.3 is 74.1 Å². The van der Waals surface area contributed by atoms with E-state index in [-0.39, 0.29) is 54.8 Å². The number of non-ortho nitro benzene ring substituents is 2. The van der Waals surface area contributed by atoms with Gasteiger partial charge in [-0.15, -0.1) is 0 Å². The number of ether oxygens (including phenoxy) is 2. The maximum absolute atomic E-state index is 12.3. The lowest BCUT2D eigenvalue weighted by molar-refractivity contribution is -0.385. The van der Waals surface area contributed by atoms with Crippen molar-refractivity contribution in [2.24, 2.45) is 0 Å². The highest BCUT2D eigenvalue weighted by atomic mass is 35.5. The van der Waals surface area contributed by atoms with E-state index in [1.165, 1.54) is 91.1 Å². The number of carboxylic acid groups (broad SMARTS) is 2. The van der Waals surface area contributed by atoms with Crippen LogP contribution in [0.25, 0.3) is 0 Å². The normalized spacial score (nSPS) is 9.90. The Balaban J connectivity index is 0.000000357. The van der Waals surface area contributed by atoms with E-state index in [4.69, 9.17) is 132 Å². The summed E-state index contributed by atoms with van der Waals surface area (Å²) >= 11 is 50.6. The number of carbonyl (C=O) groups excluding carboxylic acids is 10. The first-order chi connectivity index (χ1) is 70.1. The minimum absolute atomic E-state index is 0.0260. The number of rotatable bonds is 37. The van der Waals surface area contributed by atoms with E-state index in [0.29, 0.717) is 111 Å². The fourth-order valence-corrected chi connectivity index (χ4v) is 13.4. The first-order valence-electron chi connectivity index (χ1n) is 44.9. The highest BCUT2D eigenvalue weighted by Crippen LogP contribution is 2.30. The zero-order valence-corrected chi connectivity index (χ0v) is 86.4. The van der Waals surface area contributed by atoms with Crippen molar-refractivity contribution in [2.45, 2.75) is 128 Å². The molecule has 0 radical (unpaired) electrons. The van der Waals surface area contributed by atoms with Gasteiger partial charge in [0, 0.05) is 107 Å². The molecule has 0 aromatic heterocycles. The topological polar surface area (TPSA) is 512 Å². The van der Waals surface area contributed by atoms with Gasteiger partial charge >= 0.3 is 23.9 Å². The molecule has 0 aliphatic heterocycles. The van der Waals surface area contributed by atoms with Crippen molar-refractivity contribution in [1.82, 2.24) is 0 Å². The highest BCUT2D eigenvalue weighted by molar-refractivity contribution is 6.64. The van der Waals surface area contributed by atoms with E-state index in [9.17, 15) is 77.8 Å². The molecule has 0 atom stereocenters. The van der Waals surface area contributed by atoms with E-state index < -0.39 is 69.0 Å². The summed E-state index contributed by atoms with van der Waals surface area (Å²) in [4.78, 5) is 154. The smallest absolute Gasteiger partial charge is 0.315 e. The number of aliphatic carboxylic acids is 2. The number of methoxy groups -OCH3 is 2. The van der Waals surface area contributed by atoms with Gasteiger partial charge in [-0.05, 0) is 232 Å². The third-order valence-electron chi connectivity index (χ3n) is 19.1. The number of anilines is 10. The quantitative estimate of drug-likeness (QED) is 0.00327. The van der Waals surface area contributed by atoms with Crippen LogP contribution in [0.15, 0.2) is 291 Å². The second kappa shape index (κ2) is 71.7. The average Bonchev–Trinajstić information content (AvgIpc) is 0.595. The molecule has 41 heteroatoms. The summed E-state index contributed by atoms with van der Waals surface area (Å²) < 4.78 is 8.47. The minimum Gasteiger partial charge on any atom is -0.481 e. The molecule has 0 aliphatic carbocycles. The van der Waals surface area contributed by atoms with Crippen molar-refractivity contribution in [3.8, 4) is 0 Å². The molecule has 776 valence electrons. The van der Waals surface area contributed by atoms with Gasteiger partial charge in [-0.3, -0.25) is 77.8 Å². The Kier molecular flexibility index (Phi) is 60.8. The summed E-state index contributed by atoms with van der Waals surface area (Å²) in [6, 6.07) is 85.4. The Bertz CT molecular complexity index is 6270. The fourth-order valence-electron chi connectivity index (χ4n) is 12.1. The molecule has 12 aromatic rings. The van der Waals surface area contributed by atoms with Gasteiger partial charge in [-0.25, -0.2) is 0 Å². The molecular formula is C106H109Cl9N12O20. The van der Waals surface area contributed by atoms with Crippen LogP contribution in [0.3, 0.4) is 0 Å². The monoisotopic (exact) mass is 2180 g/mol. The van der Waals surface area contributed by atoms with Crippen molar-refractivity contribution in [3.05, 3.63) is 374 Å². The lowest BCUT2D eigenvalue weighted by atomic mass is 10.1. The van der Waals surface area contributed by atoms with Crippen molar-refractivity contribution in [2.75, 3.05) is 68.6 Å². The van der Waals surface area contributed by atoms with Crippen LogP contribution in [0, 0.1) is 20.2 Å². The van der Waals surface area contributed by atoms with Gasteiger partial charge in [-0.2, -0.15) is 0 Å². The lowest BCUT2D eigenvalue weighted by Crippen LogP contribution is -2.21. The predicted molar refractivity (Wildman–Crippen MR) is 583 cm³/mol. The molecule has 0 heterocycles. The van der Waals surface area contributed by atoms with Crippen LogP contribution in [0.5, 0.6) is 0 Å². The number of unbranched alkanes of at least 4 members (excludes halogenated alkanes) is 4. The fraction of sp³-hybridized carbons (Fsp3) is 0.208. The number of halogens is 9. The number of hydrogen-bond acceptors (Lipinski definition) is 21. The van der Waals surface area contributed by atoms with Crippen LogP contribution in [-0.2, 0) is 92.7 Å². The number of carboxylic acids is 2. The van der Waals surface area contributed by atoms with Crippen LogP contribution < -0.4 is 54.4 Å². The maximum Gasteiger partial charge on any atom is 0.315 e. The Labute approximate surface area is 894 Å². The summed E-state index contributed by atoms with van der Waals surface area (Å²) in [7, 11) is 2.41. The summed E-state index contributed by atoms with van der Waals surface area (Å²) in [6.45, 7) is 0. The number of carbonyl (C=O) groups is 12. The first-order valence-corrected chi connectivity index (χ1v) is 48.3. The number of nitro benzene ring substituents is 2. The number of hydrogen-bond donors (Lipinski definition) is 12. The van der Waals surface area contributed by atoms with Crippen molar-refractivity contribution >= 4 is 243 Å². The third-order valence-corrected chi connectivity index (χ3v) is 22.2. The molecule has 12 aromatic carbocycles. The number of amides is 7. The van der Waals surface area contributed by atoms with E-state index in [0.717, 1.165) is 82.7 Å². The van der Waals surface area contributed by atoms with E-state index >= 15 is 0 Å². The van der Waals surface area contributed by atoms with Gasteiger partial charge in [0.15, 0.2) is 0 Å². The molecule has 0 unspecified atom stereocenters. The zero-order chi connectivity index (χ0) is 108. The Morgan fingerprint density at radius 1 is 0.272 bits per heavy atom. The van der Waals surface area contributed by atoms with Crippen LogP contribution in [-0.4, -0.2) is 105 Å². The van der Waals surface area contributed by atoms with Crippen LogP contribution >= 0.6 is 104 Å². The van der Waals surface area contributed by atoms with Crippen LogP contribution in [0.2, 0.25) is 40.2 Å². The second-order valence-electron chi connectivity index (χ2n) is 31.0. The van der Waals surface area contributed by atoms with Crippen LogP contribution in [0.4, 0.5) is 68.2 Å². The van der Waals surface area contributed by atoms with Crippen molar-refractivity contribution < 1.29 is 87.1 Å². The van der Waals surface area contributed by atoms with Crippen molar-refractivity contribution in [3.63, 3.8) is 0 Å². The summed E-state index contributed by atoms with van der Waals surface area (Å²) in [6.07, 6.45) is 11.0.